The van der Waals surface area contributed by atoms with Gasteiger partial charge in [0.1, 0.15) is 0 Å². The number of nitrogens with zero attached hydrogens (tertiary/aromatic N) is 1. The van der Waals surface area contributed by atoms with Gasteiger partial charge in [-0.25, -0.2) is 0 Å². The molecule has 0 unspecified atom stereocenters. The molecular weight excluding hydrogens is 370 g/mol. The zero-order valence-electron chi connectivity index (χ0n) is 14.3. The molecule has 2 aromatic rings. The molecule has 2 N–H and O–H groups in total. The van der Waals surface area contributed by atoms with Crippen molar-refractivity contribution in [1.29, 1.82) is 0 Å². The number of anilines is 2. The molecule has 0 aromatic heterocycles. The molecule has 7 heteroatoms. The second-order valence-electron chi connectivity index (χ2n) is 6.35. The maximum atomic E-state index is 6.19. The van der Waals surface area contributed by atoms with E-state index >= 15 is 0 Å². The van der Waals surface area contributed by atoms with E-state index in [2.05, 4.69) is 21.6 Å². The number of hydrogen-bond acceptors (Lipinski definition) is 4. The molecule has 1 saturated heterocycles. The van der Waals surface area contributed by atoms with Crippen LogP contribution in [0.5, 0.6) is 11.5 Å². The van der Waals surface area contributed by atoms with E-state index < -0.39 is 0 Å². The van der Waals surface area contributed by atoms with Crippen molar-refractivity contribution in [3.05, 3.63) is 47.0 Å². The average molecular weight is 390 g/mol. The minimum absolute atomic E-state index is 0.278. The van der Waals surface area contributed by atoms with Gasteiger partial charge in [0.05, 0.1) is 11.4 Å². The van der Waals surface area contributed by atoms with Gasteiger partial charge in [-0.2, -0.15) is 0 Å². The third kappa shape index (κ3) is 3.81. The lowest BCUT2D eigenvalue weighted by Crippen LogP contribution is -2.29. The van der Waals surface area contributed by atoms with Crippen LogP contribution in [0.3, 0.4) is 0 Å². The standard InChI is InChI=1S/C19H20ClN3O2S/c20-14-4-5-16(23-7-1-2-8-23)15(10-14)22-19(26)21-11-13-3-6-17-18(9-13)25-12-24-17/h3-6,9-10H,1-2,7-8,11-12H2,(H2,21,22,26). The molecule has 136 valence electrons. The van der Waals surface area contributed by atoms with E-state index in [0.717, 1.165) is 41.5 Å². The minimum atomic E-state index is 0.278. The Morgan fingerprint density at radius 1 is 1.08 bits per heavy atom. The van der Waals surface area contributed by atoms with Gasteiger partial charge in [0.2, 0.25) is 6.79 Å². The molecule has 2 aliphatic heterocycles. The fourth-order valence-electron chi connectivity index (χ4n) is 3.24. The molecule has 1 fully saturated rings. The Balaban J connectivity index is 1.41. The molecule has 0 atom stereocenters. The van der Waals surface area contributed by atoms with Gasteiger partial charge < -0.3 is 25.0 Å². The zero-order valence-corrected chi connectivity index (χ0v) is 15.8. The molecule has 5 nitrogen and oxygen atoms in total. The quantitative estimate of drug-likeness (QED) is 0.766. The molecule has 2 heterocycles. The number of benzene rings is 2. The molecule has 2 aromatic carbocycles. The van der Waals surface area contributed by atoms with E-state index in [4.69, 9.17) is 33.3 Å². The second kappa shape index (κ2) is 7.60. The molecular formula is C19H20ClN3O2S. The van der Waals surface area contributed by atoms with E-state index in [1.54, 1.807) is 0 Å². The topological polar surface area (TPSA) is 45.8 Å². The average Bonchev–Trinajstić information content (AvgIpc) is 3.31. The first-order chi connectivity index (χ1) is 12.7. The van der Waals surface area contributed by atoms with E-state index in [1.165, 1.54) is 12.8 Å². The Kier molecular flexibility index (Phi) is 5.04. The highest BCUT2D eigenvalue weighted by atomic mass is 35.5. The maximum absolute atomic E-state index is 6.19. The van der Waals surface area contributed by atoms with Crippen molar-refractivity contribution in [2.45, 2.75) is 19.4 Å². The first-order valence-corrected chi connectivity index (χ1v) is 9.45. The molecule has 4 rings (SSSR count). The maximum Gasteiger partial charge on any atom is 0.231 e. The number of nitrogens with one attached hydrogen (secondary N) is 2. The Morgan fingerprint density at radius 3 is 2.73 bits per heavy atom. The molecule has 2 aliphatic rings. The van der Waals surface area contributed by atoms with Crippen LogP contribution in [-0.2, 0) is 6.54 Å². The van der Waals surface area contributed by atoms with Gasteiger partial charge in [-0.05, 0) is 61.0 Å². The zero-order chi connectivity index (χ0) is 17.9. The van der Waals surface area contributed by atoms with Crippen LogP contribution >= 0.6 is 23.8 Å². The van der Waals surface area contributed by atoms with Crippen LogP contribution in [-0.4, -0.2) is 25.0 Å². The molecule has 0 bridgehead atoms. The summed E-state index contributed by atoms with van der Waals surface area (Å²) in [5.41, 5.74) is 3.14. The fourth-order valence-corrected chi connectivity index (χ4v) is 3.60. The third-order valence-corrected chi connectivity index (χ3v) is 5.03. The lowest BCUT2D eigenvalue weighted by molar-refractivity contribution is 0.174. The summed E-state index contributed by atoms with van der Waals surface area (Å²) in [7, 11) is 0. The highest BCUT2D eigenvalue weighted by Gasteiger charge is 2.17. The molecule has 26 heavy (non-hydrogen) atoms. The number of halogens is 1. The summed E-state index contributed by atoms with van der Waals surface area (Å²) in [5.74, 6) is 1.55. The molecule has 0 radical (unpaired) electrons. The van der Waals surface area contributed by atoms with Crippen LogP contribution in [0.1, 0.15) is 18.4 Å². The minimum Gasteiger partial charge on any atom is -0.454 e. The summed E-state index contributed by atoms with van der Waals surface area (Å²) >= 11 is 11.7. The smallest absolute Gasteiger partial charge is 0.231 e. The van der Waals surface area contributed by atoms with Crippen molar-refractivity contribution in [1.82, 2.24) is 5.32 Å². The Hall–Kier alpha value is -2.18. The number of thiocarbonyl (C=S) groups is 1. The van der Waals surface area contributed by atoms with E-state index in [1.807, 2.05) is 30.3 Å². The number of ether oxygens (including phenoxy) is 2. The Bertz CT molecular complexity index is 824. The number of hydrogen-bond donors (Lipinski definition) is 2. The van der Waals surface area contributed by atoms with Gasteiger partial charge in [-0.1, -0.05) is 17.7 Å². The van der Waals surface area contributed by atoms with E-state index in [-0.39, 0.29) is 6.79 Å². The van der Waals surface area contributed by atoms with Crippen molar-refractivity contribution in [2.75, 3.05) is 30.1 Å². The van der Waals surface area contributed by atoms with Gasteiger partial charge in [-0.3, -0.25) is 0 Å². The van der Waals surface area contributed by atoms with Crippen molar-refractivity contribution in [2.24, 2.45) is 0 Å². The Morgan fingerprint density at radius 2 is 1.88 bits per heavy atom. The molecule has 0 aliphatic carbocycles. The van der Waals surface area contributed by atoms with Crippen LogP contribution in [0.25, 0.3) is 0 Å². The fraction of sp³-hybridized carbons (Fsp3) is 0.316. The molecule has 0 saturated carbocycles. The van der Waals surface area contributed by atoms with Crippen molar-refractivity contribution in [3.63, 3.8) is 0 Å². The van der Waals surface area contributed by atoms with Crippen LogP contribution in [0.4, 0.5) is 11.4 Å². The largest absolute Gasteiger partial charge is 0.454 e. The summed E-state index contributed by atoms with van der Waals surface area (Å²) in [6.07, 6.45) is 2.43. The molecule has 0 amide bonds. The highest BCUT2D eigenvalue weighted by Crippen LogP contribution is 2.33. The molecule has 0 spiro atoms. The van der Waals surface area contributed by atoms with E-state index in [9.17, 15) is 0 Å². The lowest BCUT2D eigenvalue weighted by Gasteiger charge is -2.22. The summed E-state index contributed by atoms with van der Waals surface area (Å²) in [4.78, 5) is 2.36. The highest BCUT2D eigenvalue weighted by molar-refractivity contribution is 7.80. The van der Waals surface area contributed by atoms with E-state index in [0.29, 0.717) is 16.7 Å². The first kappa shape index (κ1) is 17.2. The van der Waals surface area contributed by atoms with Crippen molar-refractivity contribution >= 4 is 40.3 Å². The number of fused-ring (bicyclic) bond motifs is 1. The monoisotopic (exact) mass is 389 g/mol. The normalized spacial score (nSPS) is 15.2. The summed E-state index contributed by atoms with van der Waals surface area (Å²) < 4.78 is 10.7. The van der Waals surface area contributed by atoms with Gasteiger partial charge in [-0.15, -0.1) is 0 Å². The summed E-state index contributed by atoms with van der Waals surface area (Å²) in [6, 6.07) is 11.8. The van der Waals surface area contributed by atoms with Gasteiger partial charge in [0.25, 0.3) is 0 Å². The summed E-state index contributed by atoms with van der Waals surface area (Å²) in [5, 5.41) is 7.78. The van der Waals surface area contributed by atoms with Crippen LogP contribution in [0.15, 0.2) is 36.4 Å². The predicted molar refractivity (Wildman–Crippen MR) is 109 cm³/mol. The van der Waals surface area contributed by atoms with Gasteiger partial charge in [0.15, 0.2) is 16.6 Å². The van der Waals surface area contributed by atoms with Crippen LogP contribution in [0, 0.1) is 0 Å². The van der Waals surface area contributed by atoms with Gasteiger partial charge in [0, 0.05) is 24.7 Å². The van der Waals surface area contributed by atoms with Gasteiger partial charge >= 0.3 is 0 Å². The van der Waals surface area contributed by atoms with Crippen LogP contribution in [0.2, 0.25) is 5.02 Å². The summed E-state index contributed by atoms with van der Waals surface area (Å²) in [6.45, 7) is 3.00. The first-order valence-electron chi connectivity index (χ1n) is 8.67. The predicted octanol–water partition coefficient (Wildman–Crippen LogP) is 4.16. The Labute approximate surface area is 163 Å². The number of rotatable bonds is 4. The second-order valence-corrected chi connectivity index (χ2v) is 7.20. The SMILES string of the molecule is S=C(NCc1ccc2c(c1)OCO2)Nc1cc(Cl)ccc1N1CCCC1. The van der Waals surface area contributed by atoms with Crippen LogP contribution < -0.4 is 25.0 Å². The lowest BCUT2D eigenvalue weighted by atomic mass is 10.2. The van der Waals surface area contributed by atoms with Crippen molar-refractivity contribution < 1.29 is 9.47 Å². The third-order valence-electron chi connectivity index (χ3n) is 4.54. The van der Waals surface area contributed by atoms with Crippen molar-refractivity contribution in [3.8, 4) is 11.5 Å².